The molecule has 10 heavy (non-hydrogen) atoms. The molecule has 0 aromatic rings. The molecule has 1 rings (SSSR count). The van der Waals surface area contributed by atoms with Gasteiger partial charge in [-0.3, -0.25) is 0 Å². The number of hydrogen-bond donors (Lipinski definition) is 0. The van der Waals surface area contributed by atoms with Gasteiger partial charge in [0.15, 0.2) is 0 Å². The van der Waals surface area contributed by atoms with E-state index in [1.54, 1.807) is 6.26 Å². The van der Waals surface area contributed by atoms with Gasteiger partial charge < -0.3 is 4.74 Å². The topological polar surface area (TPSA) is 9.23 Å². The summed E-state index contributed by atoms with van der Waals surface area (Å²) in [6.07, 6.45) is 4.13. The van der Waals surface area contributed by atoms with Crippen LogP contribution in [0.15, 0.2) is 12.3 Å². The van der Waals surface area contributed by atoms with Gasteiger partial charge in [0, 0.05) is 17.4 Å². The van der Waals surface area contributed by atoms with Crippen LogP contribution in [0.1, 0.15) is 13.8 Å². The van der Waals surface area contributed by atoms with E-state index < -0.39 is 0 Å². The molecule has 1 nitrogen and oxygen atoms in total. The van der Waals surface area contributed by atoms with E-state index in [9.17, 15) is 0 Å². The molecule has 0 bridgehead atoms. The summed E-state index contributed by atoms with van der Waals surface area (Å²) >= 11 is 2.00. The SMILES string of the molecule is C/C=C/OC(C)C1CSC1. The first kappa shape index (κ1) is 7.99. The highest BCUT2D eigenvalue weighted by Gasteiger charge is 2.24. The molecule has 2 heteroatoms. The van der Waals surface area contributed by atoms with Crippen LogP contribution in [-0.4, -0.2) is 17.6 Å². The maximum absolute atomic E-state index is 5.40. The van der Waals surface area contributed by atoms with Gasteiger partial charge in [0.05, 0.1) is 12.4 Å². The molecular formula is C8H14OS. The minimum absolute atomic E-state index is 0.414. The van der Waals surface area contributed by atoms with E-state index in [1.807, 2.05) is 24.8 Å². The van der Waals surface area contributed by atoms with E-state index in [4.69, 9.17) is 4.74 Å². The summed E-state index contributed by atoms with van der Waals surface area (Å²) in [6.45, 7) is 4.12. The van der Waals surface area contributed by atoms with Crippen molar-refractivity contribution in [1.29, 1.82) is 0 Å². The normalized spacial score (nSPS) is 22.6. The molecule has 1 atom stereocenters. The van der Waals surface area contributed by atoms with Gasteiger partial charge in [0.25, 0.3) is 0 Å². The molecule has 0 aliphatic carbocycles. The summed E-state index contributed by atoms with van der Waals surface area (Å²) in [5, 5.41) is 0. The number of thioether (sulfide) groups is 1. The Morgan fingerprint density at radius 3 is 2.70 bits per heavy atom. The zero-order chi connectivity index (χ0) is 7.40. The molecule has 58 valence electrons. The quantitative estimate of drug-likeness (QED) is 0.583. The van der Waals surface area contributed by atoms with Crippen molar-refractivity contribution in [3.8, 4) is 0 Å². The van der Waals surface area contributed by atoms with Gasteiger partial charge >= 0.3 is 0 Å². The van der Waals surface area contributed by atoms with Gasteiger partial charge in [-0.2, -0.15) is 11.8 Å². The molecule has 0 N–H and O–H groups in total. The standard InChI is InChI=1S/C8H14OS/c1-3-4-9-7(2)8-5-10-6-8/h3-4,7-8H,5-6H2,1-2H3/b4-3+. The van der Waals surface area contributed by atoms with Crippen molar-refractivity contribution in [2.75, 3.05) is 11.5 Å². The Hall–Kier alpha value is -0.110. The zero-order valence-corrected chi connectivity index (χ0v) is 7.36. The van der Waals surface area contributed by atoms with Crippen LogP contribution in [0.25, 0.3) is 0 Å². The Morgan fingerprint density at radius 2 is 2.30 bits per heavy atom. The molecule has 1 saturated heterocycles. The number of allylic oxidation sites excluding steroid dienone is 1. The van der Waals surface area contributed by atoms with E-state index in [0.717, 1.165) is 5.92 Å². The molecule has 0 aromatic carbocycles. The summed E-state index contributed by atoms with van der Waals surface area (Å²) < 4.78 is 5.40. The highest BCUT2D eigenvalue weighted by atomic mass is 32.2. The largest absolute Gasteiger partial charge is 0.498 e. The fraction of sp³-hybridized carbons (Fsp3) is 0.750. The highest BCUT2D eigenvalue weighted by molar-refractivity contribution is 8.00. The molecule has 1 aliphatic heterocycles. The first-order valence-corrected chi connectivity index (χ1v) is 4.84. The van der Waals surface area contributed by atoms with Crippen molar-refractivity contribution in [3.05, 3.63) is 12.3 Å². The molecule has 0 amide bonds. The smallest absolute Gasteiger partial charge is 0.0994 e. The Balaban J connectivity index is 2.13. The number of rotatable bonds is 3. The molecular weight excluding hydrogens is 144 g/mol. The van der Waals surface area contributed by atoms with Crippen molar-refractivity contribution < 1.29 is 4.74 Å². The third-order valence-electron chi connectivity index (χ3n) is 1.76. The van der Waals surface area contributed by atoms with Crippen LogP contribution in [0.3, 0.4) is 0 Å². The molecule has 0 aromatic heterocycles. The Kier molecular flexibility index (Phi) is 3.13. The fourth-order valence-electron chi connectivity index (χ4n) is 0.839. The third kappa shape index (κ3) is 1.94. The van der Waals surface area contributed by atoms with Crippen molar-refractivity contribution in [2.45, 2.75) is 20.0 Å². The minimum Gasteiger partial charge on any atom is -0.498 e. The van der Waals surface area contributed by atoms with E-state index >= 15 is 0 Å². The van der Waals surface area contributed by atoms with Crippen molar-refractivity contribution in [1.82, 2.24) is 0 Å². The van der Waals surface area contributed by atoms with Crippen molar-refractivity contribution in [3.63, 3.8) is 0 Å². The summed E-state index contributed by atoms with van der Waals surface area (Å²) in [4.78, 5) is 0. The van der Waals surface area contributed by atoms with Crippen LogP contribution < -0.4 is 0 Å². The fourth-order valence-corrected chi connectivity index (χ4v) is 1.89. The molecule has 0 spiro atoms. The Bertz CT molecular complexity index is 118. The van der Waals surface area contributed by atoms with E-state index in [-0.39, 0.29) is 0 Å². The molecule has 1 heterocycles. The lowest BCUT2D eigenvalue weighted by Crippen LogP contribution is -2.30. The van der Waals surface area contributed by atoms with Gasteiger partial charge in [-0.1, -0.05) is 6.08 Å². The molecule has 0 saturated carbocycles. The van der Waals surface area contributed by atoms with Gasteiger partial charge in [0.1, 0.15) is 0 Å². The second-order valence-corrected chi connectivity index (χ2v) is 3.68. The summed E-state index contributed by atoms with van der Waals surface area (Å²) in [7, 11) is 0. The molecule has 1 fully saturated rings. The van der Waals surface area contributed by atoms with E-state index in [2.05, 4.69) is 6.92 Å². The predicted octanol–water partition coefficient (Wildman–Crippen LogP) is 2.29. The maximum atomic E-state index is 5.40. The third-order valence-corrected chi connectivity index (χ3v) is 3.08. The van der Waals surface area contributed by atoms with Gasteiger partial charge in [-0.25, -0.2) is 0 Å². The summed E-state index contributed by atoms with van der Waals surface area (Å²) in [5.41, 5.74) is 0. The molecule has 1 aliphatic rings. The predicted molar refractivity (Wildman–Crippen MR) is 46.2 cm³/mol. The van der Waals surface area contributed by atoms with Crippen LogP contribution in [0.2, 0.25) is 0 Å². The average Bonchev–Trinajstić information content (AvgIpc) is 1.79. The van der Waals surface area contributed by atoms with E-state index in [1.165, 1.54) is 11.5 Å². The lowest BCUT2D eigenvalue weighted by molar-refractivity contribution is 0.117. The summed E-state index contributed by atoms with van der Waals surface area (Å²) in [5.74, 6) is 3.35. The first-order chi connectivity index (χ1) is 4.84. The van der Waals surface area contributed by atoms with Crippen LogP contribution in [-0.2, 0) is 4.74 Å². The zero-order valence-electron chi connectivity index (χ0n) is 6.54. The van der Waals surface area contributed by atoms with Gasteiger partial charge in [-0.15, -0.1) is 0 Å². The van der Waals surface area contributed by atoms with Crippen molar-refractivity contribution >= 4 is 11.8 Å². The lowest BCUT2D eigenvalue weighted by atomic mass is 10.1. The molecule has 1 unspecified atom stereocenters. The van der Waals surface area contributed by atoms with E-state index in [0.29, 0.717) is 6.10 Å². The lowest BCUT2D eigenvalue weighted by Gasteiger charge is -2.29. The monoisotopic (exact) mass is 158 g/mol. The second-order valence-electron chi connectivity index (χ2n) is 2.61. The average molecular weight is 158 g/mol. The van der Waals surface area contributed by atoms with Crippen LogP contribution >= 0.6 is 11.8 Å². The van der Waals surface area contributed by atoms with Crippen molar-refractivity contribution in [2.24, 2.45) is 5.92 Å². The Morgan fingerprint density at radius 1 is 1.60 bits per heavy atom. The Labute approximate surface area is 66.8 Å². The highest BCUT2D eigenvalue weighted by Crippen LogP contribution is 2.28. The molecule has 0 radical (unpaired) electrons. The van der Waals surface area contributed by atoms with Crippen LogP contribution in [0, 0.1) is 5.92 Å². The first-order valence-electron chi connectivity index (χ1n) is 3.69. The maximum Gasteiger partial charge on any atom is 0.0994 e. The number of ether oxygens (including phenoxy) is 1. The second kappa shape index (κ2) is 3.91. The van der Waals surface area contributed by atoms with Crippen LogP contribution in [0.4, 0.5) is 0 Å². The van der Waals surface area contributed by atoms with Crippen LogP contribution in [0.5, 0.6) is 0 Å². The minimum atomic E-state index is 0.414. The summed E-state index contributed by atoms with van der Waals surface area (Å²) in [6, 6.07) is 0. The van der Waals surface area contributed by atoms with Gasteiger partial charge in [0.2, 0.25) is 0 Å². The van der Waals surface area contributed by atoms with Gasteiger partial charge in [-0.05, 0) is 13.8 Å². The number of hydrogen-bond acceptors (Lipinski definition) is 2.